The minimum atomic E-state index is 0.0595. The van der Waals surface area contributed by atoms with Crippen molar-refractivity contribution in [1.29, 1.82) is 0 Å². The predicted molar refractivity (Wildman–Crippen MR) is 79.5 cm³/mol. The third-order valence-electron chi connectivity index (χ3n) is 3.01. The zero-order chi connectivity index (χ0) is 13.7. The molecule has 1 aromatic heterocycles. The maximum absolute atomic E-state index is 5.46. The van der Waals surface area contributed by atoms with Gasteiger partial charge in [-0.05, 0) is 41.0 Å². The van der Waals surface area contributed by atoms with Crippen molar-refractivity contribution < 1.29 is 9.15 Å². The van der Waals surface area contributed by atoms with Crippen LogP contribution in [-0.4, -0.2) is 13.7 Å². The van der Waals surface area contributed by atoms with E-state index in [0.29, 0.717) is 0 Å². The van der Waals surface area contributed by atoms with Crippen molar-refractivity contribution in [2.24, 2.45) is 0 Å². The van der Waals surface area contributed by atoms with Gasteiger partial charge in [0.05, 0.1) is 19.4 Å². The molecule has 1 aromatic carbocycles. The molecule has 1 heterocycles. The van der Waals surface area contributed by atoms with E-state index in [-0.39, 0.29) is 6.04 Å². The number of hydrogen-bond acceptors (Lipinski definition) is 3. The van der Waals surface area contributed by atoms with Crippen LogP contribution in [0, 0.1) is 0 Å². The Labute approximate surface area is 122 Å². The molecule has 0 radical (unpaired) electrons. The van der Waals surface area contributed by atoms with Crippen LogP contribution < -0.4 is 10.1 Å². The number of ether oxygens (including phenoxy) is 1. The summed E-state index contributed by atoms with van der Waals surface area (Å²) >= 11 is 3.46. The molecule has 0 aliphatic heterocycles. The highest BCUT2D eigenvalue weighted by Gasteiger charge is 2.21. The summed E-state index contributed by atoms with van der Waals surface area (Å²) in [4.78, 5) is 0. The van der Waals surface area contributed by atoms with Crippen LogP contribution in [0.25, 0.3) is 0 Å². The molecule has 0 saturated carbocycles. The molecule has 0 aliphatic carbocycles. The number of benzene rings is 1. The summed E-state index contributed by atoms with van der Waals surface area (Å²) in [7, 11) is 1.69. The van der Waals surface area contributed by atoms with Crippen LogP contribution in [-0.2, 0) is 0 Å². The third-order valence-corrected chi connectivity index (χ3v) is 3.65. The van der Waals surface area contributed by atoms with Gasteiger partial charge in [-0.2, -0.15) is 0 Å². The Hall–Kier alpha value is -1.26. The molecule has 0 bridgehead atoms. The van der Waals surface area contributed by atoms with Gasteiger partial charge in [-0.3, -0.25) is 0 Å². The van der Waals surface area contributed by atoms with E-state index < -0.39 is 0 Å². The zero-order valence-corrected chi connectivity index (χ0v) is 12.7. The maximum atomic E-state index is 5.46. The molecule has 2 rings (SSSR count). The highest BCUT2D eigenvalue weighted by atomic mass is 79.9. The van der Waals surface area contributed by atoms with Crippen molar-refractivity contribution in [2.75, 3.05) is 13.7 Å². The second-order valence-electron chi connectivity index (χ2n) is 4.28. The SMILES string of the molecule is CCCNC(c1ccccc1OC)c1ccoc1Br. The van der Waals surface area contributed by atoms with Gasteiger partial charge in [0.1, 0.15) is 5.75 Å². The highest BCUT2D eigenvalue weighted by Crippen LogP contribution is 2.34. The van der Waals surface area contributed by atoms with Crippen molar-refractivity contribution in [1.82, 2.24) is 5.32 Å². The normalized spacial score (nSPS) is 12.4. The molecule has 102 valence electrons. The molecule has 0 aliphatic rings. The molecule has 19 heavy (non-hydrogen) atoms. The first-order valence-electron chi connectivity index (χ1n) is 6.37. The minimum Gasteiger partial charge on any atom is -0.496 e. The van der Waals surface area contributed by atoms with Gasteiger partial charge in [0.25, 0.3) is 0 Å². The number of hydrogen-bond donors (Lipinski definition) is 1. The molecule has 3 nitrogen and oxygen atoms in total. The van der Waals surface area contributed by atoms with Gasteiger partial charge in [0.2, 0.25) is 0 Å². The van der Waals surface area contributed by atoms with Crippen LogP contribution in [0.3, 0.4) is 0 Å². The molecule has 4 heteroatoms. The standard InChI is InChI=1S/C15H18BrNO2/c1-3-9-17-14(12-8-10-19-15(12)16)11-6-4-5-7-13(11)18-2/h4-8,10,14,17H,3,9H2,1-2H3. The van der Waals surface area contributed by atoms with E-state index in [0.717, 1.165) is 34.5 Å². The van der Waals surface area contributed by atoms with Gasteiger partial charge in [0.15, 0.2) is 4.67 Å². The first-order chi connectivity index (χ1) is 9.27. The molecule has 0 spiro atoms. The van der Waals surface area contributed by atoms with Crippen LogP contribution in [0.15, 0.2) is 45.7 Å². The number of halogens is 1. The van der Waals surface area contributed by atoms with Crippen molar-refractivity contribution in [2.45, 2.75) is 19.4 Å². The molecule has 1 unspecified atom stereocenters. The molecule has 0 saturated heterocycles. The number of methoxy groups -OCH3 is 1. The summed E-state index contributed by atoms with van der Waals surface area (Å²) in [6.45, 7) is 3.08. The first-order valence-corrected chi connectivity index (χ1v) is 7.16. The molecule has 0 fully saturated rings. The molecule has 0 amide bonds. The van der Waals surface area contributed by atoms with Crippen molar-refractivity contribution >= 4 is 15.9 Å². The van der Waals surface area contributed by atoms with Gasteiger partial charge < -0.3 is 14.5 Å². The molecular weight excluding hydrogens is 306 g/mol. The summed E-state index contributed by atoms with van der Waals surface area (Å²) in [6.07, 6.45) is 2.76. The minimum absolute atomic E-state index is 0.0595. The molecule has 2 aromatic rings. The first kappa shape index (κ1) is 14.2. The molecular formula is C15H18BrNO2. The van der Waals surface area contributed by atoms with E-state index in [1.807, 2.05) is 24.3 Å². The van der Waals surface area contributed by atoms with Gasteiger partial charge in [0, 0.05) is 11.1 Å². The van der Waals surface area contributed by atoms with Gasteiger partial charge in [-0.1, -0.05) is 25.1 Å². The summed E-state index contributed by atoms with van der Waals surface area (Å²) in [6, 6.07) is 10.1. The van der Waals surface area contributed by atoms with Crippen molar-refractivity contribution in [3.8, 4) is 5.75 Å². The fourth-order valence-corrected chi connectivity index (χ4v) is 2.56. The van der Waals surface area contributed by atoms with E-state index >= 15 is 0 Å². The fraction of sp³-hybridized carbons (Fsp3) is 0.333. The Kier molecular flexibility index (Phi) is 5.05. The molecule has 1 N–H and O–H groups in total. The Balaban J connectivity index is 2.40. The Morgan fingerprint density at radius 3 is 2.68 bits per heavy atom. The zero-order valence-electron chi connectivity index (χ0n) is 11.2. The number of para-hydroxylation sites is 1. The van der Waals surface area contributed by atoms with Crippen molar-refractivity contribution in [3.63, 3.8) is 0 Å². The smallest absolute Gasteiger partial charge is 0.174 e. The largest absolute Gasteiger partial charge is 0.496 e. The number of nitrogens with one attached hydrogen (secondary N) is 1. The summed E-state index contributed by atoms with van der Waals surface area (Å²) in [5.74, 6) is 0.879. The fourth-order valence-electron chi connectivity index (χ4n) is 2.09. The summed E-state index contributed by atoms with van der Waals surface area (Å²) < 4.78 is 11.6. The summed E-state index contributed by atoms with van der Waals surface area (Å²) in [5, 5.41) is 3.53. The second-order valence-corrected chi connectivity index (χ2v) is 5.00. The quantitative estimate of drug-likeness (QED) is 0.867. The van der Waals surface area contributed by atoms with E-state index in [4.69, 9.17) is 9.15 Å². The van der Waals surface area contributed by atoms with Crippen LogP contribution in [0.2, 0.25) is 0 Å². The lowest BCUT2D eigenvalue weighted by Crippen LogP contribution is -2.23. The Morgan fingerprint density at radius 2 is 2.05 bits per heavy atom. The van der Waals surface area contributed by atoms with E-state index in [1.165, 1.54) is 0 Å². The van der Waals surface area contributed by atoms with Crippen LogP contribution >= 0.6 is 15.9 Å². The maximum Gasteiger partial charge on any atom is 0.174 e. The van der Waals surface area contributed by atoms with E-state index in [9.17, 15) is 0 Å². The van der Waals surface area contributed by atoms with Gasteiger partial charge in [-0.15, -0.1) is 0 Å². The lowest BCUT2D eigenvalue weighted by atomic mass is 10.00. The number of rotatable bonds is 6. The predicted octanol–water partition coefficient (Wildman–Crippen LogP) is 4.14. The lowest BCUT2D eigenvalue weighted by molar-refractivity contribution is 0.403. The van der Waals surface area contributed by atoms with E-state index in [1.54, 1.807) is 13.4 Å². The average molecular weight is 324 g/mol. The molecule has 1 atom stereocenters. The average Bonchev–Trinajstić information content (AvgIpc) is 2.86. The summed E-state index contributed by atoms with van der Waals surface area (Å²) in [5.41, 5.74) is 2.19. The second kappa shape index (κ2) is 6.78. The van der Waals surface area contributed by atoms with Gasteiger partial charge in [-0.25, -0.2) is 0 Å². The van der Waals surface area contributed by atoms with Crippen molar-refractivity contribution in [3.05, 3.63) is 52.4 Å². The van der Waals surface area contributed by atoms with E-state index in [2.05, 4.69) is 34.2 Å². The lowest BCUT2D eigenvalue weighted by Gasteiger charge is -2.20. The van der Waals surface area contributed by atoms with Crippen LogP contribution in [0.1, 0.15) is 30.5 Å². The van der Waals surface area contributed by atoms with Gasteiger partial charge >= 0.3 is 0 Å². The van der Waals surface area contributed by atoms with Crippen LogP contribution in [0.4, 0.5) is 0 Å². The Bertz CT molecular complexity index is 524. The monoisotopic (exact) mass is 323 g/mol. The Morgan fingerprint density at radius 1 is 1.26 bits per heavy atom. The topological polar surface area (TPSA) is 34.4 Å². The third kappa shape index (κ3) is 3.19. The highest BCUT2D eigenvalue weighted by molar-refractivity contribution is 9.10. The number of furan rings is 1. The van der Waals surface area contributed by atoms with Crippen LogP contribution in [0.5, 0.6) is 5.75 Å².